The van der Waals surface area contributed by atoms with E-state index in [-0.39, 0.29) is 34.7 Å². The summed E-state index contributed by atoms with van der Waals surface area (Å²) in [6, 6.07) is 0. The Kier molecular flexibility index (Phi) is 6.80. The molecule has 13 atom stereocenters. The highest BCUT2D eigenvalue weighted by molar-refractivity contribution is 5.85. The minimum absolute atomic E-state index is 0.0103. The quantitative estimate of drug-likeness (QED) is 0.372. The number of carbonyl (C=O) groups excluding carboxylic acids is 1. The minimum Gasteiger partial charge on any atom is -0.458 e. The van der Waals surface area contributed by atoms with Gasteiger partial charge in [-0.15, -0.1) is 0 Å². The monoisotopic (exact) mass is 534 g/mol. The van der Waals surface area contributed by atoms with Gasteiger partial charge in [0.2, 0.25) is 0 Å². The highest BCUT2D eigenvalue weighted by atomic mass is 16.7. The van der Waals surface area contributed by atoms with Crippen molar-refractivity contribution in [1.29, 1.82) is 0 Å². The fraction of sp³-hybridized carbons (Fsp3) is 0.900. The largest absolute Gasteiger partial charge is 0.458 e. The van der Waals surface area contributed by atoms with E-state index in [1.807, 2.05) is 0 Å². The van der Waals surface area contributed by atoms with Crippen molar-refractivity contribution in [3.8, 4) is 0 Å². The molecular weight excluding hydrogens is 488 g/mol. The summed E-state index contributed by atoms with van der Waals surface area (Å²) in [5.74, 6) is 1.22. The van der Waals surface area contributed by atoms with E-state index in [1.165, 1.54) is 7.11 Å². The zero-order valence-corrected chi connectivity index (χ0v) is 23.3. The van der Waals surface area contributed by atoms with Crippen molar-refractivity contribution < 1.29 is 39.1 Å². The molecule has 6 aliphatic rings. The summed E-state index contributed by atoms with van der Waals surface area (Å²) in [6.07, 6.45) is 6.45. The van der Waals surface area contributed by atoms with Crippen molar-refractivity contribution in [2.45, 2.75) is 121 Å². The number of aliphatic hydroxyl groups excluding tert-OH is 2. The van der Waals surface area contributed by atoms with E-state index < -0.39 is 36.3 Å². The van der Waals surface area contributed by atoms with Crippen molar-refractivity contribution in [1.82, 2.24) is 0 Å². The van der Waals surface area contributed by atoms with Gasteiger partial charge in [0.05, 0.1) is 17.8 Å². The van der Waals surface area contributed by atoms with Crippen LogP contribution in [0.1, 0.15) is 78.6 Å². The maximum absolute atomic E-state index is 12.4. The second-order valence-corrected chi connectivity index (χ2v) is 13.7. The molecule has 0 aromatic rings. The fourth-order valence-electron chi connectivity index (χ4n) is 10.1. The molecule has 5 fully saturated rings. The standard InChI is InChI=1S/C30H46O8/c1-16-24(32)26(35-4)25(33)27(37-16)38-19-7-10-28(2)18(14-19)5-6-22-21(28)8-11-29(3)20(9-12-30(22,29)34)17-13-23(31)36-15-17/h13,16,18-22,24-27,32-34H,5-12,14-15H2,1-4H3/t16?,18?,19?,20?,21?,22?,24?,25?,26?,27-,28?,29?,30?/m0/s1. The number of hydrogen-bond acceptors (Lipinski definition) is 8. The van der Waals surface area contributed by atoms with Gasteiger partial charge in [-0.3, -0.25) is 0 Å². The normalized spacial score (nSPS) is 54.5. The summed E-state index contributed by atoms with van der Waals surface area (Å²) >= 11 is 0. The Labute approximate surface area is 226 Å². The van der Waals surface area contributed by atoms with Crippen LogP contribution in [-0.4, -0.2) is 77.4 Å². The first-order chi connectivity index (χ1) is 18.0. The smallest absolute Gasteiger partial charge is 0.331 e. The molecule has 38 heavy (non-hydrogen) atoms. The van der Waals surface area contributed by atoms with Gasteiger partial charge < -0.3 is 34.3 Å². The molecule has 2 heterocycles. The first-order valence-electron chi connectivity index (χ1n) is 14.8. The SMILES string of the molecule is COC1C(O)C(C)O[C@@H](OC2CCC3(C)C(CCC4C3CCC3(C)C(C5=CC(=O)OC5)CCC43O)C2)C1O. The molecule has 4 saturated carbocycles. The van der Waals surface area contributed by atoms with Gasteiger partial charge in [0.25, 0.3) is 0 Å². The van der Waals surface area contributed by atoms with Crippen molar-refractivity contribution in [3.05, 3.63) is 11.6 Å². The number of fused-ring (bicyclic) bond motifs is 5. The average molecular weight is 535 g/mol. The number of hydrogen-bond donors (Lipinski definition) is 3. The second kappa shape index (κ2) is 9.52. The van der Waals surface area contributed by atoms with Crippen molar-refractivity contribution >= 4 is 5.97 Å². The Bertz CT molecular complexity index is 968. The number of aliphatic hydroxyl groups is 3. The number of methoxy groups -OCH3 is 1. The highest BCUT2D eigenvalue weighted by Gasteiger charge is 2.67. The third-order valence-electron chi connectivity index (χ3n) is 12.3. The summed E-state index contributed by atoms with van der Waals surface area (Å²) < 4.78 is 22.8. The molecule has 12 unspecified atom stereocenters. The van der Waals surface area contributed by atoms with E-state index in [2.05, 4.69) is 13.8 Å². The molecule has 0 bridgehead atoms. The summed E-state index contributed by atoms with van der Waals surface area (Å²) in [6.45, 7) is 6.87. The van der Waals surface area contributed by atoms with Crippen LogP contribution in [0.15, 0.2) is 11.6 Å². The molecular formula is C30H46O8. The molecule has 6 rings (SSSR count). The van der Waals surface area contributed by atoms with Crippen molar-refractivity contribution in [2.24, 2.45) is 34.5 Å². The number of esters is 1. The third kappa shape index (κ3) is 3.88. The lowest BCUT2D eigenvalue weighted by molar-refractivity contribution is -0.313. The van der Waals surface area contributed by atoms with Gasteiger partial charge in [-0.1, -0.05) is 13.8 Å². The molecule has 0 spiro atoms. The Balaban J connectivity index is 1.16. The zero-order valence-electron chi connectivity index (χ0n) is 23.3. The van der Waals surface area contributed by atoms with Crippen LogP contribution in [0.4, 0.5) is 0 Å². The number of carbonyl (C=O) groups is 1. The third-order valence-corrected chi connectivity index (χ3v) is 12.3. The summed E-state index contributed by atoms with van der Waals surface area (Å²) in [4.78, 5) is 11.8. The number of rotatable bonds is 4. The maximum Gasteiger partial charge on any atom is 0.331 e. The number of ether oxygens (including phenoxy) is 4. The van der Waals surface area contributed by atoms with Gasteiger partial charge >= 0.3 is 5.97 Å². The van der Waals surface area contributed by atoms with Gasteiger partial charge in [-0.2, -0.15) is 0 Å². The Morgan fingerprint density at radius 2 is 1.79 bits per heavy atom. The first kappa shape index (κ1) is 27.2. The lowest BCUT2D eigenvalue weighted by atomic mass is 9.43. The lowest BCUT2D eigenvalue weighted by Crippen LogP contribution is -2.62. The van der Waals surface area contributed by atoms with Crippen LogP contribution in [0.2, 0.25) is 0 Å². The molecule has 2 aliphatic heterocycles. The fourth-order valence-corrected chi connectivity index (χ4v) is 10.1. The van der Waals surface area contributed by atoms with Crippen molar-refractivity contribution in [3.63, 3.8) is 0 Å². The molecule has 0 aromatic carbocycles. The molecule has 0 amide bonds. The maximum atomic E-state index is 12.4. The van der Waals surface area contributed by atoms with E-state index >= 15 is 0 Å². The second-order valence-electron chi connectivity index (χ2n) is 13.7. The molecule has 0 radical (unpaired) electrons. The van der Waals surface area contributed by atoms with Crippen LogP contribution >= 0.6 is 0 Å². The molecule has 8 nitrogen and oxygen atoms in total. The van der Waals surface area contributed by atoms with Gasteiger partial charge in [0.15, 0.2) is 6.29 Å². The molecule has 8 heteroatoms. The zero-order chi connectivity index (χ0) is 27.0. The van der Waals surface area contributed by atoms with Gasteiger partial charge in [-0.25, -0.2) is 4.79 Å². The predicted molar refractivity (Wildman–Crippen MR) is 138 cm³/mol. The van der Waals surface area contributed by atoms with E-state index in [4.69, 9.17) is 18.9 Å². The van der Waals surface area contributed by atoms with Crippen LogP contribution in [0.5, 0.6) is 0 Å². The van der Waals surface area contributed by atoms with Crippen LogP contribution in [0, 0.1) is 34.5 Å². The number of cyclic esters (lactones) is 1. The first-order valence-corrected chi connectivity index (χ1v) is 14.8. The minimum atomic E-state index is -1.04. The predicted octanol–water partition coefficient (Wildman–Crippen LogP) is 3.11. The average Bonchev–Trinajstić information content (AvgIpc) is 3.43. The summed E-state index contributed by atoms with van der Waals surface area (Å²) in [5.41, 5.74) is 0.300. The molecule has 4 aliphatic carbocycles. The van der Waals surface area contributed by atoms with Gasteiger partial charge in [-0.05, 0) is 99.4 Å². The van der Waals surface area contributed by atoms with E-state index in [0.717, 1.165) is 63.4 Å². The van der Waals surface area contributed by atoms with Crippen LogP contribution < -0.4 is 0 Å². The molecule has 214 valence electrons. The van der Waals surface area contributed by atoms with Crippen LogP contribution in [-0.2, 0) is 23.7 Å². The van der Waals surface area contributed by atoms with Crippen molar-refractivity contribution in [2.75, 3.05) is 13.7 Å². The van der Waals surface area contributed by atoms with Crippen LogP contribution in [0.25, 0.3) is 0 Å². The Morgan fingerprint density at radius 1 is 1.00 bits per heavy atom. The molecule has 3 N–H and O–H groups in total. The molecule has 0 aromatic heterocycles. The molecule has 1 saturated heterocycles. The summed E-state index contributed by atoms with van der Waals surface area (Å²) in [5, 5.41) is 33.5. The Morgan fingerprint density at radius 3 is 2.50 bits per heavy atom. The summed E-state index contributed by atoms with van der Waals surface area (Å²) in [7, 11) is 1.49. The lowest BCUT2D eigenvalue weighted by Gasteiger charge is -2.64. The highest BCUT2D eigenvalue weighted by Crippen LogP contribution is 2.70. The van der Waals surface area contributed by atoms with Gasteiger partial charge in [0, 0.05) is 18.6 Å². The van der Waals surface area contributed by atoms with Gasteiger partial charge in [0.1, 0.15) is 24.9 Å². The van der Waals surface area contributed by atoms with E-state index in [0.29, 0.717) is 18.4 Å². The van der Waals surface area contributed by atoms with Crippen LogP contribution in [0.3, 0.4) is 0 Å². The topological polar surface area (TPSA) is 115 Å². The Hall–Kier alpha value is -1.03. The van der Waals surface area contributed by atoms with E-state index in [1.54, 1.807) is 13.0 Å². The van der Waals surface area contributed by atoms with E-state index in [9.17, 15) is 20.1 Å².